The lowest BCUT2D eigenvalue weighted by molar-refractivity contribution is 0.0476. The van der Waals surface area contributed by atoms with Crippen molar-refractivity contribution < 1.29 is 4.48 Å². The maximum atomic E-state index is 13.9. The summed E-state index contributed by atoms with van der Waals surface area (Å²) in [5.41, 5.74) is 3.43. The molecule has 1 spiro atoms. The van der Waals surface area contributed by atoms with Gasteiger partial charge in [0.15, 0.2) is 0 Å². The molecule has 1 aromatic heterocycles. The van der Waals surface area contributed by atoms with Crippen LogP contribution in [-0.2, 0) is 13.0 Å². The first-order valence-corrected chi connectivity index (χ1v) is 8.35. The van der Waals surface area contributed by atoms with Crippen molar-refractivity contribution in [3.63, 3.8) is 0 Å². The van der Waals surface area contributed by atoms with Crippen molar-refractivity contribution in [2.75, 3.05) is 18.0 Å². The lowest BCUT2D eigenvalue weighted by Crippen LogP contribution is -2.53. The van der Waals surface area contributed by atoms with Gasteiger partial charge in [-0.05, 0) is 43.4 Å². The van der Waals surface area contributed by atoms with Gasteiger partial charge in [0.05, 0.1) is 12.1 Å². The van der Waals surface area contributed by atoms with E-state index in [-0.39, 0.29) is 5.54 Å². The van der Waals surface area contributed by atoms with E-state index in [1.807, 2.05) is 13.0 Å². The van der Waals surface area contributed by atoms with E-state index in [0.29, 0.717) is 13.1 Å². The van der Waals surface area contributed by atoms with Crippen LogP contribution in [0.25, 0.3) is 0 Å². The molecule has 0 aliphatic carbocycles. The van der Waals surface area contributed by atoms with E-state index in [9.17, 15) is 4.48 Å². The number of pyridine rings is 1. The Morgan fingerprint density at radius 1 is 1.13 bits per heavy atom. The highest BCUT2D eigenvalue weighted by Crippen LogP contribution is 2.42. The zero-order valence-corrected chi connectivity index (χ0v) is 13.5. The molecular weight excluding hydrogens is 289 g/mol. The maximum Gasteiger partial charge on any atom is 0.132 e. The third kappa shape index (κ3) is 2.61. The Hall–Kier alpha value is -1.94. The van der Waals surface area contributed by atoms with E-state index < -0.39 is 0 Å². The van der Waals surface area contributed by atoms with Gasteiger partial charge in [-0.3, -0.25) is 0 Å². The second kappa shape index (κ2) is 5.60. The third-order valence-electron chi connectivity index (χ3n) is 5.25. The van der Waals surface area contributed by atoms with Crippen LogP contribution in [0.5, 0.6) is 0 Å². The first kappa shape index (κ1) is 14.6. The van der Waals surface area contributed by atoms with Gasteiger partial charge in [-0.25, -0.2) is 4.98 Å². The summed E-state index contributed by atoms with van der Waals surface area (Å²) in [5, 5.41) is 0.971. The molecule has 120 valence electrons. The van der Waals surface area contributed by atoms with Crippen molar-refractivity contribution >= 4 is 5.82 Å². The van der Waals surface area contributed by atoms with Crippen molar-refractivity contribution in [3.05, 3.63) is 59.3 Å². The van der Waals surface area contributed by atoms with Gasteiger partial charge in [0.25, 0.3) is 0 Å². The number of hydrogen-bond donors (Lipinski definition) is 0. The summed E-state index contributed by atoms with van der Waals surface area (Å²) in [6.45, 7) is 3.82. The average Bonchev–Trinajstić information content (AvgIpc) is 2.93. The van der Waals surface area contributed by atoms with Gasteiger partial charge >= 0.3 is 0 Å². The number of aromatic nitrogens is 1. The molecule has 1 fully saturated rings. The molecule has 1 atom stereocenters. The van der Waals surface area contributed by atoms with Crippen molar-refractivity contribution in [2.45, 2.75) is 38.3 Å². The predicted molar refractivity (Wildman–Crippen MR) is 89.9 cm³/mol. The molecule has 3 nitrogen and oxygen atoms in total. The fourth-order valence-electron chi connectivity index (χ4n) is 3.97. The molecule has 3 heterocycles. The fourth-order valence-corrected chi connectivity index (χ4v) is 3.97. The largest absolute Gasteiger partial charge is 0.345 e. The highest BCUT2D eigenvalue weighted by atomic mass is 19.2. The first-order chi connectivity index (χ1) is 11.2. The summed E-state index contributed by atoms with van der Waals surface area (Å²) in [6.07, 6.45) is 2.85. The van der Waals surface area contributed by atoms with Gasteiger partial charge in [0, 0.05) is 18.8 Å². The smallest absolute Gasteiger partial charge is 0.132 e. The zero-order valence-electron chi connectivity index (χ0n) is 13.5. The number of hydrogen-bond acceptors (Lipinski definition) is 3. The van der Waals surface area contributed by atoms with E-state index >= 15 is 0 Å². The summed E-state index contributed by atoms with van der Waals surface area (Å²) in [6, 6.07) is 14.7. The van der Waals surface area contributed by atoms with Crippen LogP contribution in [-0.4, -0.2) is 28.7 Å². The number of halogens is 1. The van der Waals surface area contributed by atoms with E-state index in [1.54, 1.807) is 0 Å². The van der Waals surface area contributed by atoms with E-state index in [4.69, 9.17) is 4.98 Å². The van der Waals surface area contributed by atoms with Crippen LogP contribution >= 0.6 is 0 Å². The van der Waals surface area contributed by atoms with E-state index in [0.717, 1.165) is 42.4 Å². The van der Waals surface area contributed by atoms with Gasteiger partial charge in [0.2, 0.25) is 0 Å². The Bertz CT molecular complexity index is 703. The van der Waals surface area contributed by atoms with Crippen LogP contribution < -0.4 is 4.90 Å². The Labute approximate surface area is 136 Å². The van der Waals surface area contributed by atoms with Gasteiger partial charge < -0.3 is 4.90 Å². The standard InChI is InChI=1S/C19H22FN3/c1-15-7-8-17-9-10-19(11-12-22(20)14-19)23(18(17)21-15)13-16-5-3-2-4-6-16/h2-8H,9-14H2,1H3. The molecule has 23 heavy (non-hydrogen) atoms. The van der Waals surface area contributed by atoms with Crippen LogP contribution in [0.3, 0.4) is 0 Å². The number of nitrogens with zero attached hydrogens (tertiary/aromatic N) is 3. The minimum absolute atomic E-state index is 0.127. The lowest BCUT2D eigenvalue weighted by Gasteiger charge is -2.46. The summed E-state index contributed by atoms with van der Waals surface area (Å²) < 4.78 is 13.9. The highest BCUT2D eigenvalue weighted by Gasteiger charge is 2.46. The maximum absolute atomic E-state index is 13.9. The normalized spacial score (nSPS) is 24.2. The Kier molecular flexibility index (Phi) is 3.57. The topological polar surface area (TPSA) is 19.4 Å². The monoisotopic (exact) mass is 311 g/mol. The molecule has 0 bridgehead atoms. The Balaban J connectivity index is 1.77. The second-order valence-corrected chi connectivity index (χ2v) is 6.83. The van der Waals surface area contributed by atoms with Crippen molar-refractivity contribution in [1.29, 1.82) is 0 Å². The summed E-state index contributed by atoms with van der Waals surface area (Å²) in [4.78, 5) is 7.19. The molecule has 0 saturated carbocycles. The predicted octanol–water partition coefficient (Wildman–Crippen LogP) is 3.67. The van der Waals surface area contributed by atoms with Gasteiger partial charge in [0.1, 0.15) is 5.82 Å². The lowest BCUT2D eigenvalue weighted by atomic mass is 9.84. The summed E-state index contributed by atoms with van der Waals surface area (Å²) in [7, 11) is 0. The summed E-state index contributed by atoms with van der Waals surface area (Å²) in [5.74, 6) is 1.05. The highest BCUT2D eigenvalue weighted by molar-refractivity contribution is 5.54. The molecule has 1 saturated heterocycles. The molecule has 4 rings (SSSR count). The van der Waals surface area contributed by atoms with Gasteiger partial charge in [-0.2, -0.15) is 0 Å². The average molecular weight is 311 g/mol. The number of benzene rings is 1. The van der Waals surface area contributed by atoms with Crippen LogP contribution in [0.4, 0.5) is 10.3 Å². The van der Waals surface area contributed by atoms with E-state index in [1.165, 1.54) is 11.1 Å². The fraction of sp³-hybridized carbons (Fsp3) is 0.421. The van der Waals surface area contributed by atoms with Crippen LogP contribution in [0.2, 0.25) is 0 Å². The quantitative estimate of drug-likeness (QED) is 0.789. The SMILES string of the molecule is Cc1ccc2c(n1)N(Cc1ccccc1)C1(CC2)CCN(F)C1. The number of fused-ring (bicyclic) bond motifs is 1. The molecule has 0 amide bonds. The van der Waals surface area contributed by atoms with Crippen molar-refractivity contribution in [1.82, 2.24) is 10.1 Å². The number of rotatable bonds is 2. The van der Waals surface area contributed by atoms with Crippen LogP contribution in [0.15, 0.2) is 42.5 Å². The molecule has 2 aliphatic rings. The second-order valence-electron chi connectivity index (χ2n) is 6.83. The van der Waals surface area contributed by atoms with E-state index in [2.05, 4.69) is 41.3 Å². The molecule has 1 unspecified atom stereocenters. The third-order valence-corrected chi connectivity index (χ3v) is 5.25. The van der Waals surface area contributed by atoms with Gasteiger partial charge in [-0.15, -0.1) is 9.60 Å². The van der Waals surface area contributed by atoms with Crippen LogP contribution in [0, 0.1) is 6.92 Å². The molecule has 2 aliphatic heterocycles. The molecule has 4 heteroatoms. The van der Waals surface area contributed by atoms with Crippen LogP contribution in [0.1, 0.15) is 29.7 Å². The Morgan fingerprint density at radius 3 is 2.70 bits per heavy atom. The molecule has 1 aromatic carbocycles. The minimum atomic E-state index is -0.127. The van der Waals surface area contributed by atoms with Gasteiger partial charge in [-0.1, -0.05) is 36.4 Å². The minimum Gasteiger partial charge on any atom is -0.345 e. The van der Waals surface area contributed by atoms with Crippen molar-refractivity contribution in [3.8, 4) is 0 Å². The Morgan fingerprint density at radius 2 is 1.96 bits per heavy atom. The number of anilines is 1. The zero-order chi connectivity index (χ0) is 15.9. The first-order valence-electron chi connectivity index (χ1n) is 8.35. The molecule has 2 aromatic rings. The summed E-state index contributed by atoms with van der Waals surface area (Å²) >= 11 is 0. The molecule has 0 N–H and O–H groups in total. The number of aryl methyl sites for hydroxylation is 2. The van der Waals surface area contributed by atoms with Crippen molar-refractivity contribution in [2.24, 2.45) is 0 Å². The molecule has 0 radical (unpaired) electrons. The molecular formula is C19H22FN3.